The minimum atomic E-state index is -1.80. The first-order valence-corrected chi connectivity index (χ1v) is 7.43. The molecule has 0 amide bonds. The third-order valence-corrected chi connectivity index (χ3v) is 4.34. The SMILES string of the molecule is C=Cc1ccc(CC(N2CCCC2)S(=O)O)cc1. The lowest BCUT2D eigenvalue weighted by Crippen LogP contribution is -2.37. The molecule has 1 aromatic rings. The monoisotopic (exact) mass is 265 g/mol. The second-order valence-corrected chi connectivity index (χ2v) is 5.72. The molecule has 2 atom stereocenters. The van der Waals surface area contributed by atoms with E-state index in [4.69, 9.17) is 0 Å². The van der Waals surface area contributed by atoms with E-state index < -0.39 is 11.1 Å². The number of hydrogen-bond donors (Lipinski definition) is 1. The summed E-state index contributed by atoms with van der Waals surface area (Å²) in [5.74, 6) is 0. The van der Waals surface area contributed by atoms with Crippen LogP contribution in [0.5, 0.6) is 0 Å². The van der Waals surface area contributed by atoms with Crippen molar-refractivity contribution < 1.29 is 8.76 Å². The maximum absolute atomic E-state index is 11.5. The van der Waals surface area contributed by atoms with E-state index in [0.29, 0.717) is 6.42 Å². The van der Waals surface area contributed by atoms with Gasteiger partial charge in [0.25, 0.3) is 0 Å². The van der Waals surface area contributed by atoms with Crippen LogP contribution in [0, 0.1) is 0 Å². The van der Waals surface area contributed by atoms with Crippen LogP contribution in [0.15, 0.2) is 30.8 Å². The Bertz CT molecular complexity index is 424. The maximum atomic E-state index is 11.5. The molecule has 0 radical (unpaired) electrons. The fraction of sp³-hybridized carbons (Fsp3) is 0.429. The quantitative estimate of drug-likeness (QED) is 0.832. The van der Waals surface area contributed by atoms with Gasteiger partial charge in [-0.05, 0) is 37.1 Å². The molecular weight excluding hydrogens is 246 g/mol. The van der Waals surface area contributed by atoms with Crippen LogP contribution in [0.25, 0.3) is 6.08 Å². The Morgan fingerprint density at radius 2 is 1.94 bits per heavy atom. The van der Waals surface area contributed by atoms with E-state index in [9.17, 15) is 8.76 Å². The van der Waals surface area contributed by atoms with Crippen molar-refractivity contribution in [2.45, 2.75) is 24.6 Å². The summed E-state index contributed by atoms with van der Waals surface area (Å²) >= 11 is -1.80. The molecule has 1 N–H and O–H groups in total. The number of nitrogens with zero attached hydrogens (tertiary/aromatic N) is 1. The largest absolute Gasteiger partial charge is 0.305 e. The number of rotatable bonds is 5. The molecule has 1 heterocycles. The lowest BCUT2D eigenvalue weighted by molar-refractivity contribution is 0.298. The zero-order valence-electron chi connectivity index (χ0n) is 10.4. The molecule has 3 nitrogen and oxygen atoms in total. The van der Waals surface area contributed by atoms with Gasteiger partial charge in [0, 0.05) is 6.42 Å². The first-order chi connectivity index (χ1) is 8.70. The summed E-state index contributed by atoms with van der Waals surface area (Å²) in [5, 5.41) is -0.276. The van der Waals surface area contributed by atoms with Crippen molar-refractivity contribution >= 4 is 17.2 Å². The number of benzene rings is 1. The fourth-order valence-corrected chi connectivity index (χ4v) is 3.15. The molecule has 2 rings (SSSR count). The standard InChI is InChI=1S/C14H19NO2S/c1-2-12-5-7-13(8-6-12)11-14(18(16)17)15-9-3-4-10-15/h2,5-8,14H,1,3-4,9-11H2,(H,16,17). The second kappa shape index (κ2) is 6.27. The van der Waals surface area contributed by atoms with E-state index in [-0.39, 0.29) is 5.37 Å². The molecule has 18 heavy (non-hydrogen) atoms. The molecular formula is C14H19NO2S. The van der Waals surface area contributed by atoms with E-state index >= 15 is 0 Å². The molecule has 1 fully saturated rings. The Hall–Kier alpha value is -0.970. The van der Waals surface area contributed by atoms with Crippen molar-refractivity contribution in [1.82, 2.24) is 4.90 Å². The van der Waals surface area contributed by atoms with Crippen LogP contribution in [0.4, 0.5) is 0 Å². The highest BCUT2D eigenvalue weighted by molar-refractivity contribution is 7.79. The van der Waals surface area contributed by atoms with Crippen molar-refractivity contribution in [3.05, 3.63) is 42.0 Å². The maximum Gasteiger partial charge on any atom is 0.171 e. The van der Waals surface area contributed by atoms with Gasteiger partial charge in [0.1, 0.15) is 5.37 Å². The Balaban J connectivity index is 2.07. The van der Waals surface area contributed by atoms with E-state index in [0.717, 1.165) is 37.1 Å². The van der Waals surface area contributed by atoms with Crippen molar-refractivity contribution in [3.8, 4) is 0 Å². The van der Waals surface area contributed by atoms with Gasteiger partial charge >= 0.3 is 0 Å². The molecule has 0 bridgehead atoms. The molecule has 0 aliphatic carbocycles. The second-order valence-electron chi connectivity index (χ2n) is 4.62. The third-order valence-electron chi connectivity index (χ3n) is 3.41. The molecule has 2 unspecified atom stereocenters. The molecule has 0 saturated carbocycles. The van der Waals surface area contributed by atoms with Gasteiger partial charge in [-0.3, -0.25) is 4.90 Å². The molecule has 4 heteroatoms. The van der Waals surface area contributed by atoms with Crippen molar-refractivity contribution in [1.29, 1.82) is 0 Å². The minimum absolute atomic E-state index is 0.276. The topological polar surface area (TPSA) is 40.5 Å². The Morgan fingerprint density at radius 3 is 2.44 bits per heavy atom. The van der Waals surface area contributed by atoms with Crippen LogP contribution in [0.2, 0.25) is 0 Å². The highest BCUT2D eigenvalue weighted by Gasteiger charge is 2.26. The average molecular weight is 265 g/mol. The molecule has 1 aliphatic heterocycles. The number of likely N-dealkylation sites (tertiary alicyclic amines) is 1. The van der Waals surface area contributed by atoms with Gasteiger partial charge in [0.15, 0.2) is 11.1 Å². The fourth-order valence-electron chi connectivity index (χ4n) is 2.35. The van der Waals surface area contributed by atoms with Crippen LogP contribution >= 0.6 is 0 Å². The van der Waals surface area contributed by atoms with E-state index in [1.165, 1.54) is 0 Å². The van der Waals surface area contributed by atoms with Crippen LogP contribution in [-0.2, 0) is 17.5 Å². The third kappa shape index (κ3) is 3.28. The highest BCUT2D eigenvalue weighted by atomic mass is 32.2. The Kier molecular flexibility index (Phi) is 4.69. The van der Waals surface area contributed by atoms with Gasteiger partial charge in [0.2, 0.25) is 0 Å². The summed E-state index contributed by atoms with van der Waals surface area (Å²) in [5.41, 5.74) is 2.17. The van der Waals surface area contributed by atoms with Crippen LogP contribution in [0.1, 0.15) is 24.0 Å². The lowest BCUT2D eigenvalue weighted by Gasteiger charge is -2.24. The molecule has 1 aromatic carbocycles. The Morgan fingerprint density at radius 1 is 1.33 bits per heavy atom. The first kappa shape index (κ1) is 13.5. The van der Waals surface area contributed by atoms with Crippen molar-refractivity contribution in [3.63, 3.8) is 0 Å². The molecule has 0 spiro atoms. The van der Waals surface area contributed by atoms with Gasteiger partial charge in [-0.15, -0.1) is 0 Å². The summed E-state index contributed by atoms with van der Waals surface area (Å²) in [6.07, 6.45) is 4.68. The normalized spacial score (nSPS) is 19.6. The van der Waals surface area contributed by atoms with Gasteiger partial charge in [-0.1, -0.05) is 36.9 Å². The first-order valence-electron chi connectivity index (χ1n) is 6.26. The summed E-state index contributed by atoms with van der Waals surface area (Å²) in [4.78, 5) is 2.12. The predicted octanol–water partition coefficient (Wildman–Crippen LogP) is 2.52. The van der Waals surface area contributed by atoms with E-state index in [2.05, 4.69) is 11.5 Å². The molecule has 0 aromatic heterocycles. The molecule has 1 aliphatic rings. The van der Waals surface area contributed by atoms with Crippen LogP contribution in [-0.4, -0.2) is 32.1 Å². The van der Waals surface area contributed by atoms with Gasteiger partial charge in [-0.2, -0.15) is 0 Å². The van der Waals surface area contributed by atoms with Crippen LogP contribution in [0.3, 0.4) is 0 Å². The van der Waals surface area contributed by atoms with Gasteiger partial charge in [-0.25, -0.2) is 4.21 Å². The Labute approximate surface area is 111 Å². The van der Waals surface area contributed by atoms with Gasteiger partial charge < -0.3 is 4.55 Å². The molecule has 1 saturated heterocycles. The highest BCUT2D eigenvalue weighted by Crippen LogP contribution is 2.18. The predicted molar refractivity (Wildman–Crippen MR) is 75.6 cm³/mol. The lowest BCUT2D eigenvalue weighted by atomic mass is 10.1. The summed E-state index contributed by atoms with van der Waals surface area (Å²) in [7, 11) is 0. The minimum Gasteiger partial charge on any atom is -0.305 e. The zero-order chi connectivity index (χ0) is 13.0. The van der Waals surface area contributed by atoms with Gasteiger partial charge in [0.05, 0.1) is 0 Å². The average Bonchev–Trinajstić information content (AvgIpc) is 2.90. The van der Waals surface area contributed by atoms with E-state index in [1.807, 2.05) is 24.3 Å². The number of hydrogen-bond acceptors (Lipinski definition) is 2. The zero-order valence-corrected chi connectivity index (χ0v) is 11.2. The van der Waals surface area contributed by atoms with Crippen LogP contribution < -0.4 is 0 Å². The van der Waals surface area contributed by atoms with Crippen molar-refractivity contribution in [2.75, 3.05) is 13.1 Å². The molecule has 98 valence electrons. The van der Waals surface area contributed by atoms with Crippen molar-refractivity contribution in [2.24, 2.45) is 0 Å². The summed E-state index contributed by atoms with van der Waals surface area (Å²) in [6.45, 7) is 5.58. The van der Waals surface area contributed by atoms with E-state index in [1.54, 1.807) is 6.08 Å². The summed E-state index contributed by atoms with van der Waals surface area (Å²) in [6, 6.07) is 7.99. The summed E-state index contributed by atoms with van der Waals surface area (Å²) < 4.78 is 20.9. The smallest absolute Gasteiger partial charge is 0.171 e.